The molecule has 0 aliphatic carbocycles. The molecule has 3 N–H and O–H groups in total. The Labute approximate surface area is 123 Å². The third-order valence-electron chi connectivity index (χ3n) is 2.94. The Morgan fingerprint density at radius 3 is 2.33 bits per heavy atom. The minimum atomic E-state index is -3.66. The smallest absolute Gasteiger partial charge is 0.239 e. The summed E-state index contributed by atoms with van der Waals surface area (Å²) in [6, 6.07) is 13.1. The summed E-state index contributed by atoms with van der Waals surface area (Å²) in [6.45, 7) is 1.70. The Morgan fingerprint density at radius 1 is 1.10 bits per heavy atom. The lowest BCUT2D eigenvalue weighted by Gasteiger charge is -2.08. The molecule has 0 heterocycles. The van der Waals surface area contributed by atoms with Gasteiger partial charge in [-0.05, 0) is 42.8 Å². The number of carbonyl (C=O) groups is 1. The van der Waals surface area contributed by atoms with Crippen molar-refractivity contribution in [3.8, 4) is 0 Å². The molecule has 6 heteroatoms. The van der Waals surface area contributed by atoms with E-state index in [0.717, 1.165) is 0 Å². The van der Waals surface area contributed by atoms with E-state index in [-0.39, 0.29) is 4.90 Å². The average Bonchev–Trinajstić information content (AvgIpc) is 2.41. The van der Waals surface area contributed by atoms with Crippen molar-refractivity contribution in [2.75, 3.05) is 16.8 Å². The van der Waals surface area contributed by atoms with E-state index in [2.05, 4.69) is 5.32 Å². The topological polar surface area (TPSA) is 89.3 Å². The second kappa shape index (κ2) is 5.97. The van der Waals surface area contributed by atoms with Crippen molar-refractivity contribution in [2.24, 2.45) is 0 Å². The maximum absolute atomic E-state index is 12.2. The Balaban J connectivity index is 2.12. The quantitative estimate of drug-likeness (QED) is 0.845. The van der Waals surface area contributed by atoms with Crippen LogP contribution >= 0.6 is 0 Å². The molecule has 0 spiro atoms. The van der Waals surface area contributed by atoms with E-state index in [0.29, 0.717) is 16.9 Å². The molecule has 0 bridgehead atoms. The Hall–Kier alpha value is -2.34. The zero-order valence-corrected chi connectivity index (χ0v) is 12.4. The monoisotopic (exact) mass is 304 g/mol. The number of anilines is 2. The molecule has 0 saturated carbocycles. The fraction of sp³-hybridized carbons (Fsp3) is 0.133. The predicted molar refractivity (Wildman–Crippen MR) is 82.7 cm³/mol. The van der Waals surface area contributed by atoms with Crippen molar-refractivity contribution in [3.05, 3.63) is 54.1 Å². The number of hydrogen-bond acceptors (Lipinski definition) is 4. The Kier molecular flexibility index (Phi) is 4.28. The second-order valence-electron chi connectivity index (χ2n) is 4.69. The lowest BCUT2D eigenvalue weighted by atomic mass is 10.2. The molecule has 0 aromatic heterocycles. The third kappa shape index (κ3) is 3.82. The van der Waals surface area contributed by atoms with Gasteiger partial charge in [-0.2, -0.15) is 0 Å². The molecule has 2 rings (SSSR count). The van der Waals surface area contributed by atoms with Gasteiger partial charge in [0.15, 0.2) is 9.84 Å². The van der Waals surface area contributed by atoms with Gasteiger partial charge in [0, 0.05) is 11.4 Å². The molecule has 1 amide bonds. The van der Waals surface area contributed by atoms with Crippen LogP contribution in [-0.4, -0.2) is 20.1 Å². The van der Waals surface area contributed by atoms with Gasteiger partial charge in [-0.1, -0.05) is 18.2 Å². The van der Waals surface area contributed by atoms with E-state index in [4.69, 9.17) is 5.73 Å². The van der Waals surface area contributed by atoms with Gasteiger partial charge in [0.2, 0.25) is 5.91 Å². The van der Waals surface area contributed by atoms with Crippen LogP contribution < -0.4 is 11.1 Å². The average molecular weight is 304 g/mol. The normalized spacial score (nSPS) is 11.1. The summed E-state index contributed by atoms with van der Waals surface area (Å²) in [5.74, 6) is -1.18. The molecule has 0 aliphatic rings. The van der Waals surface area contributed by atoms with Crippen LogP contribution in [-0.2, 0) is 14.6 Å². The minimum Gasteiger partial charge on any atom is -0.399 e. The number of aryl methyl sites for hydroxylation is 1. The highest BCUT2D eigenvalue weighted by atomic mass is 32.2. The first kappa shape index (κ1) is 15.1. The molecule has 110 valence electrons. The number of nitrogen functional groups attached to an aromatic ring is 1. The lowest BCUT2D eigenvalue weighted by molar-refractivity contribution is -0.113. The van der Waals surface area contributed by atoms with Gasteiger partial charge < -0.3 is 11.1 Å². The highest BCUT2D eigenvalue weighted by molar-refractivity contribution is 7.92. The molecule has 0 saturated heterocycles. The third-order valence-corrected chi connectivity index (χ3v) is 4.71. The number of sulfone groups is 1. The largest absolute Gasteiger partial charge is 0.399 e. The van der Waals surface area contributed by atoms with Crippen LogP contribution in [0.5, 0.6) is 0 Å². The van der Waals surface area contributed by atoms with Crippen LogP contribution in [0.3, 0.4) is 0 Å². The molecule has 0 aliphatic heterocycles. The lowest BCUT2D eigenvalue weighted by Crippen LogP contribution is -2.23. The summed E-state index contributed by atoms with van der Waals surface area (Å²) in [5.41, 5.74) is 7.24. The summed E-state index contributed by atoms with van der Waals surface area (Å²) in [6.07, 6.45) is 0. The molecule has 5 nitrogen and oxygen atoms in total. The molecule has 0 atom stereocenters. The maximum atomic E-state index is 12.2. The zero-order chi connectivity index (χ0) is 15.5. The first-order valence-electron chi connectivity index (χ1n) is 6.32. The number of carbonyl (C=O) groups excluding carboxylic acids is 1. The molecular weight excluding hydrogens is 288 g/mol. The van der Waals surface area contributed by atoms with Gasteiger partial charge in [-0.25, -0.2) is 8.42 Å². The molecule has 21 heavy (non-hydrogen) atoms. The SMILES string of the molecule is Cc1ccccc1S(=O)(=O)CC(=O)Nc1ccc(N)cc1. The number of nitrogens with two attached hydrogens (primary N) is 1. The van der Waals surface area contributed by atoms with Gasteiger partial charge in [0.05, 0.1) is 4.90 Å². The van der Waals surface area contributed by atoms with Crippen LogP contribution in [0.15, 0.2) is 53.4 Å². The van der Waals surface area contributed by atoms with E-state index >= 15 is 0 Å². The first-order chi connectivity index (χ1) is 9.88. The number of amides is 1. The van der Waals surface area contributed by atoms with E-state index in [1.165, 1.54) is 6.07 Å². The van der Waals surface area contributed by atoms with Crippen LogP contribution in [0.1, 0.15) is 5.56 Å². The zero-order valence-electron chi connectivity index (χ0n) is 11.5. The van der Waals surface area contributed by atoms with E-state index in [9.17, 15) is 13.2 Å². The van der Waals surface area contributed by atoms with Crippen LogP contribution in [0.4, 0.5) is 11.4 Å². The Morgan fingerprint density at radius 2 is 1.71 bits per heavy atom. The fourth-order valence-electron chi connectivity index (χ4n) is 1.92. The van der Waals surface area contributed by atoms with Crippen LogP contribution in [0.25, 0.3) is 0 Å². The second-order valence-corrected chi connectivity index (χ2v) is 6.65. The highest BCUT2D eigenvalue weighted by Crippen LogP contribution is 2.17. The van der Waals surface area contributed by atoms with Gasteiger partial charge in [-0.15, -0.1) is 0 Å². The molecule has 0 unspecified atom stereocenters. The van der Waals surface area contributed by atoms with Crippen molar-refractivity contribution in [1.29, 1.82) is 0 Å². The van der Waals surface area contributed by atoms with Crippen molar-refractivity contribution in [2.45, 2.75) is 11.8 Å². The van der Waals surface area contributed by atoms with E-state index < -0.39 is 21.5 Å². The van der Waals surface area contributed by atoms with E-state index in [1.807, 2.05) is 0 Å². The van der Waals surface area contributed by atoms with Crippen molar-refractivity contribution < 1.29 is 13.2 Å². The molecule has 2 aromatic rings. The van der Waals surface area contributed by atoms with Crippen molar-refractivity contribution in [3.63, 3.8) is 0 Å². The number of benzene rings is 2. The summed E-state index contributed by atoms with van der Waals surface area (Å²) < 4.78 is 24.5. The number of rotatable bonds is 4. The molecule has 0 fully saturated rings. The van der Waals surface area contributed by atoms with Gasteiger partial charge in [0.1, 0.15) is 5.75 Å². The standard InChI is InChI=1S/C15H16N2O3S/c1-11-4-2-3-5-14(11)21(19,20)10-15(18)17-13-8-6-12(16)7-9-13/h2-9H,10,16H2,1H3,(H,17,18). The van der Waals surface area contributed by atoms with Gasteiger partial charge >= 0.3 is 0 Å². The van der Waals surface area contributed by atoms with Gasteiger partial charge in [0.25, 0.3) is 0 Å². The van der Waals surface area contributed by atoms with Crippen molar-refractivity contribution >= 4 is 27.1 Å². The van der Waals surface area contributed by atoms with Crippen LogP contribution in [0, 0.1) is 6.92 Å². The predicted octanol–water partition coefficient (Wildman–Crippen LogP) is 1.99. The van der Waals surface area contributed by atoms with Gasteiger partial charge in [-0.3, -0.25) is 4.79 Å². The van der Waals surface area contributed by atoms with Crippen LogP contribution in [0.2, 0.25) is 0 Å². The highest BCUT2D eigenvalue weighted by Gasteiger charge is 2.20. The summed E-state index contributed by atoms with van der Waals surface area (Å²) in [4.78, 5) is 12.1. The molecule has 0 radical (unpaired) electrons. The Bertz CT molecular complexity index is 753. The fourth-order valence-corrected chi connectivity index (χ4v) is 3.34. The summed E-state index contributed by atoms with van der Waals surface area (Å²) in [5, 5.41) is 2.54. The molecule has 2 aromatic carbocycles. The summed E-state index contributed by atoms with van der Waals surface area (Å²) >= 11 is 0. The molecular formula is C15H16N2O3S. The van der Waals surface area contributed by atoms with Crippen molar-refractivity contribution in [1.82, 2.24) is 0 Å². The first-order valence-corrected chi connectivity index (χ1v) is 7.97. The number of hydrogen-bond donors (Lipinski definition) is 2. The minimum absolute atomic E-state index is 0.178. The van der Waals surface area contributed by atoms with E-state index in [1.54, 1.807) is 49.4 Å². The summed E-state index contributed by atoms with van der Waals surface area (Å²) in [7, 11) is -3.66. The number of nitrogens with one attached hydrogen (secondary N) is 1. The maximum Gasteiger partial charge on any atom is 0.239 e.